The van der Waals surface area contributed by atoms with Crippen LogP contribution in [0, 0.1) is 6.92 Å². The van der Waals surface area contributed by atoms with Crippen LogP contribution in [0.3, 0.4) is 0 Å². The van der Waals surface area contributed by atoms with Gasteiger partial charge in [0.05, 0.1) is 12.3 Å². The number of nitrogens with zero attached hydrogens (tertiary/aromatic N) is 2. The van der Waals surface area contributed by atoms with Crippen molar-refractivity contribution in [2.45, 2.75) is 33.7 Å². The van der Waals surface area contributed by atoms with Gasteiger partial charge in [-0.15, -0.1) is 11.3 Å². The first-order valence-electron chi connectivity index (χ1n) is 7.76. The molecular weight excluding hydrogens is 308 g/mol. The summed E-state index contributed by atoms with van der Waals surface area (Å²) in [5, 5.41) is 2.03. The van der Waals surface area contributed by atoms with Crippen molar-refractivity contribution in [2.75, 3.05) is 6.61 Å². The number of ether oxygens (including phenoxy) is 1. The quantitative estimate of drug-likeness (QED) is 0.644. The lowest BCUT2D eigenvalue weighted by molar-refractivity contribution is 0.0531. The topological polar surface area (TPSA) is 44.1 Å². The Balaban J connectivity index is 2.00. The molecule has 0 bridgehead atoms. The van der Waals surface area contributed by atoms with E-state index in [2.05, 4.69) is 53.9 Å². The minimum Gasteiger partial charge on any atom is -0.462 e. The largest absolute Gasteiger partial charge is 0.462 e. The van der Waals surface area contributed by atoms with E-state index < -0.39 is 0 Å². The molecule has 2 aromatic heterocycles. The van der Waals surface area contributed by atoms with Crippen LogP contribution in [0.1, 0.15) is 42.2 Å². The second-order valence-electron chi connectivity index (χ2n) is 5.74. The minimum absolute atomic E-state index is 0.291. The van der Waals surface area contributed by atoms with Crippen molar-refractivity contribution < 1.29 is 9.53 Å². The summed E-state index contributed by atoms with van der Waals surface area (Å²) in [6, 6.07) is 8.85. The molecule has 0 atom stereocenters. The Hall–Kier alpha value is -2.14. The second kappa shape index (κ2) is 6.16. The third-order valence-electron chi connectivity index (χ3n) is 3.78. The number of carbonyl (C=O) groups excluding carboxylic acids is 1. The zero-order valence-corrected chi connectivity index (χ0v) is 14.6. The van der Waals surface area contributed by atoms with Crippen LogP contribution in [0.25, 0.3) is 21.5 Å². The predicted molar refractivity (Wildman–Crippen MR) is 94.1 cm³/mol. The summed E-state index contributed by atoms with van der Waals surface area (Å²) >= 11 is 1.39. The first kappa shape index (κ1) is 15.7. The van der Waals surface area contributed by atoms with Crippen molar-refractivity contribution in [1.82, 2.24) is 9.55 Å². The molecule has 23 heavy (non-hydrogen) atoms. The van der Waals surface area contributed by atoms with E-state index in [0.717, 1.165) is 16.3 Å². The molecule has 0 saturated heterocycles. The van der Waals surface area contributed by atoms with Gasteiger partial charge in [0.25, 0.3) is 0 Å². The monoisotopic (exact) mass is 328 g/mol. The molecule has 3 rings (SSSR count). The zero-order valence-electron chi connectivity index (χ0n) is 13.8. The first-order valence-corrected chi connectivity index (χ1v) is 8.58. The minimum atomic E-state index is -0.291. The third-order valence-corrected chi connectivity index (χ3v) is 4.97. The highest BCUT2D eigenvalue weighted by Crippen LogP contribution is 2.31. The van der Waals surface area contributed by atoms with Gasteiger partial charge in [0.2, 0.25) is 0 Å². The number of benzene rings is 1. The lowest BCUT2D eigenvalue weighted by Gasteiger charge is -2.09. The Morgan fingerprint density at radius 1 is 1.35 bits per heavy atom. The van der Waals surface area contributed by atoms with Crippen LogP contribution in [0.2, 0.25) is 0 Å². The number of aryl methyl sites for hydroxylation is 1. The number of aromatic nitrogens is 2. The molecule has 0 spiro atoms. The van der Waals surface area contributed by atoms with E-state index in [1.165, 1.54) is 22.2 Å². The van der Waals surface area contributed by atoms with Gasteiger partial charge in [0, 0.05) is 28.7 Å². The van der Waals surface area contributed by atoms with Gasteiger partial charge in [0.15, 0.2) is 0 Å². The van der Waals surface area contributed by atoms with Gasteiger partial charge in [-0.25, -0.2) is 9.78 Å². The summed E-state index contributed by atoms with van der Waals surface area (Å²) in [4.78, 5) is 17.1. The maximum atomic E-state index is 11.9. The summed E-state index contributed by atoms with van der Waals surface area (Å²) < 4.78 is 7.33. The Kier molecular flexibility index (Phi) is 4.22. The van der Waals surface area contributed by atoms with Gasteiger partial charge in [-0.05, 0) is 52.0 Å². The van der Waals surface area contributed by atoms with E-state index in [-0.39, 0.29) is 5.97 Å². The average molecular weight is 328 g/mol. The Labute approximate surface area is 139 Å². The van der Waals surface area contributed by atoms with Crippen molar-refractivity contribution >= 4 is 28.2 Å². The van der Waals surface area contributed by atoms with Crippen LogP contribution >= 0.6 is 11.3 Å². The SMILES string of the molecule is CCOC(=O)c1sc(-c2ccc3c(ccn3C(C)C)c2)nc1C. The molecule has 0 fully saturated rings. The van der Waals surface area contributed by atoms with Crippen molar-refractivity contribution in [2.24, 2.45) is 0 Å². The smallest absolute Gasteiger partial charge is 0.350 e. The zero-order chi connectivity index (χ0) is 16.6. The van der Waals surface area contributed by atoms with Crippen molar-refractivity contribution in [3.8, 4) is 10.6 Å². The van der Waals surface area contributed by atoms with Gasteiger partial charge in [-0.2, -0.15) is 0 Å². The van der Waals surface area contributed by atoms with Crippen LogP contribution in [0.5, 0.6) is 0 Å². The fraction of sp³-hybridized carbons (Fsp3) is 0.333. The normalized spacial score (nSPS) is 11.3. The lowest BCUT2D eigenvalue weighted by Crippen LogP contribution is -2.03. The van der Waals surface area contributed by atoms with Crippen LogP contribution in [0.15, 0.2) is 30.5 Å². The van der Waals surface area contributed by atoms with Gasteiger partial charge >= 0.3 is 5.97 Å². The van der Waals surface area contributed by atoms with Gasteiger partial charge in [0.1, 0.15) is 9.88 Å². The Morgan fingerprint density at radius 2 is 2.13 bits per heavy atom. The molecule has 2 heterocycles. The molecular formula is C18H20N2O2S. The van der Waals surface area contributed by atoms with E-state index in [4.69, 9.17) is 4.74 Å². The Morgan fingerprint density at radius 3 is 2.83 bits per heavy atom. The lowest BCUT2D eigenvalue weighted by atomic mass is 10.1. The fourth-order valence-electron chi connectivity index (χ4n) is 2.65. The highest BCUT2D eigenvalue weighted by atomic mass is 32.1. The molecule has 0 unspecified atom stereocenters. The molecule has 4 nitrogen and oxygen atoms in total. The van der Waals surface area contributed by atoms with Crippen LogP contribution in [-0.2, 0) is 4.74 Å². The van der Waals surface area contributed by atoms with E-state index in [9.17, 15) is 4.79 Å². The summed E-state index contributed by atoms with van der Waals surface area (Å²) in [5.41, 5.74) is 2.97. The van der Waals surface area contributed by atoms with Crippen molar-refractivity contribution in [1.29, 1.82) is 0 Å². The highest BCUT2D eigenvalue weighted by Gasteiger charge is 2.17. The van der Waals surface area contributed by atoms with E-state index in [0.29, 0.717) is 17.5 Å². The number of rotatable bonds is 4. The van der Waals surface area contributed by atoms with Gasteiger partial charge < -0.3 is 9.30 Å². The standard InChI is InChI=1S/C18H20N2O2S/c1-5-22-18(21)16-12(4)19-17(23-16)14-6-7-15-13(10-14)8-9-20(15)11(2)3/h6-11H,5H2,1-4H3. The molecule has 0 radical (unpaired) electrons. The number of carbonyl (C=O) groups is 1. The summed E-state index contributed by atoms with van der Waals surface area (Å²) in [5.74, 6) is -0.291. The van der Waals surface area contributed by atoms with Crippen LogP contribution in [0.4, 0.5) is 0 Å². The molecule has 120 valence electrons. The van der Waals surface area contributed by atoms with Crippen molar-refractivity contribution in [3.63, 3.8) is 0 Å². The molecule has 5 heteroatoms. The number of esters is 1. The molecule has 0 aliphatic heterocycles. The molecule has 0 aliphatic rings. The summed E-state index contributed by atoms with van der Waals surface area (Å²) in [7, 11) is 0. The number of thiazole rings is 1. The molecule has 0 amide bonds. The first-order chi connectivity index (χ1) is 11.0. The fourth-order valence-corrected chi connectivity index (χ4v) is 3.61. The van der Waals surface area contributed by atoms with Crippen molar-refractivity contribution in [3.05, 3.63) is 41.0 Å². The summed E-state index contributed by atoms with van der Waals surface area (Å²) in [6.45, 7) is 8.37. The van der Waals surface area contributed by atoms with Crippen LogP contribution in [-0.4, -0.2) is 22.1 Å². The van der Waals surface area contributed by atoms with E-state index >= 15 is 0 Å². The Bertz CT molecular complexity index is 861. The van der Waals surface area contributed by atoms with Gasteiger partial charge in [-0.1, -0.05) is 0 Å². The molecule has 1 aromatic carbocycles. The summed E-state index contributed by atoms with van der Waals surface area (Å²) in [6.07, 6.45) is 2.11. The number of hydrogen-bond acceptors (Lipinski definition) is 4. The maximum absolute atomic E-state index is 11.9. The predicted octanol–water partition coefficient (Wildman–Crippen LogP) is 4.83. The average Bonchev–Trinajstić information content (AvgIpc) is 3.10. The number of hydrogen-bond donors (Lipinski definition) is 0. The number of fused-ring (bicyclic) bond motifs is 1. The maximum Gasteiger partial charge on any atom is 0.350 e. The highest BCUT2D eigenvalue weighted by molar-refractivity contribution is 7.17. The van der Waals surface area contributed by atoms with E-state index in [1.807, 2.05) is 13.8 Å². The third kappa shape index (κ3) is 2.88. The molecule has 3 aromatic rings. The van der Waals surface area contributed by atoms with E-state index in [1.54, 1.807) is 0 Å². The second-order valence-corrected chi connectivity index (χ2v) is 6.74. The molecule has 0 aliphatic carbocycles. The van der Waals surface area contributed by atoms with Crippen LogP contribution < -0.4 is 0 Å². The van der Waals surface area contributed by atoms with Gasteiger partial charge in [-0.3, -0.25) is 0 Å². The molecule has 0 N–H and O–H groups in total. The molecule has 0 saturated carbocycles.